The van der Waals surface area contributed by atoms with Crippen molar-refractivity contribution in [2.75, 3.05) is 23.7 Å². The van der Waals surface area contributed by atoms with Crippen molar-refractivity contribution >= 4 is 11.8 Å². The van der Waals surface area contributed by atoms with Crippen molar-refractivity contribution in [1.29, 1.82) is 0 Å². The highest BCUT2D eigenvalue weighted by Crippen LogP contribution is 2.10. The molecule has 0 saturated carbocycles. The van der Waals surface area contributed by atoms with Crippen LogP contribution in [0.5, 0.6) is 0 Å². The van der Waals surface area contributed by atoms with Gasteiger partial charge in [-0.3, -0.25) is 0 Å². The molecule has 0 saturated heterocycles. The third-order valence-electron chi connectivity index (χ3n) is 2.36. The van der Waals surface area contributed by atoms with Crippen LogP contribution in [0, 0.1) is 12.8 Å². The van der Waals surface area contributed by atoms with Gasteiger partial charge in [0.25, 0.3) is 0 Å². The summed E-state index contributed by atoms with van der Waals surface area (Å²) in [5.74, 6) is 2.25. The largest absolute Gasteiger partial charge is 0.370 e. The van der Waals surface area contributed by atoms with E-state index in [4.69, 9.17) is 0 Å². The molecule has 96 valence electrons. The minimum absolute atomic E-state index is 0.613. The second kappa shape index (κ2) is 7.09. The van der Waals surface area contributed by atoms with E-state index >= 15 is 0 Å². The van der Waals surface area contributed by atoms with Crippen LogP contribution >= 0.6 is 0 Å². The number of rotatable bonds is 7. The number of aromatic nitrogens is 2. The molecule has 2 N–H and O–H groups in total. The molecule has 0 unspecified atom stereocenters. The summed E-state index contributed by atoms with van der Waals surface area (Å²) in [5, 5.41) is 6.58. The number of anilines is 2. The first kappa shape index (κ1) is 13.7. The quantitative estimate of drug-likeness (QED) is 0.714. The molecule has 0 atom stereocenters. The third kappa shape index (κ3) is 5.52. The third-order valence-corrected chi connectivity index (χ3v) is 2.36. The summed E-state index contributed by atoms with van der Waals surface area (Å²) in [6.45, 7) is 10.4. The van der Waals surface area contributed by atoms with E-state index in [1.54, 1.807) is 0 Å². The van der Waals surface area contributed by atoms with Crippen molar-refractivity contribution in [3.8, 4) is 0 Å². The fourth-order valence-electron chi connectivity index (χ4n) is 1.42. The molecule has 4 nitrogen and oxygen atoms in total. The van der Waals surface area contributed by atoms with Gasteiger partial charge in [-0.15, -0.1) is 0 Å². The number of unbranched alkanes of at least 4 members (excludes halogenated alkanes) is 1. The monoisotopic (exact) mass is 236 g/mol. The van der Waals surface area contributed by atoms with Crippen molar-refractivity contribution < 1.29 is 0 Å². The van der Waals surface area contributed by atoms with Gasteiger partial charge in [0.15, 0.2) is 0 Å². The van der Waals surface area contributed by atoms with E-state index in [0.29, 0.717) is 5.92 Å². The molecule has 0 fully saturated rings. The number of aryl methyl sites for hydroxylation is 1. The first-order valence-corrected chi connectivity index (χ1v) is 6.45. The first-order valence-electron chi connectivity index (χ1n) is 6.45. The van der Waals surface area contributed by atoms with Crippen molar-refractivity contribution in [2.45, 2.75) is 40.5 Å². The highest BCUT2D eigenvalue weighted by atomic mass is 15.1. The molecule has 0 aliphatic carbocycles. The van der Waals surface area contributed by atoms with Gasteiger partial charge in [-0.1, -0.05) is 27.2 Å². The number of nitrogens with zero attached hydrogens (tertiary/aromatic N) is 2. The number of nitrogens with one attached hydrogen (secondary N) is 2. The fraction of sp³-hybridized carbons (Fsp3) is 0.692. The molecular formula is C13H24N4. The molecule has 0 aromatic carbocycles. The van der Waals surface area contributed by atoms with E-state index in [9.17, 15) is 0 Å². The van der Waals surface area contributed by atoms with Gasteiger partial charge in [0.2, 0.25) is 5.95 Å². The Balaban J connectivity index is 2.59. The van der Waals surface area contributed by atoms with Crippen LogP contribution in [-0.2, 0) is 0 Å². The van der Waals surface area contributed by atoms with E-state index in [-0.39, 0.29) is 0 Å². The summed E-state index contributed by atoms with van der Waals surface area (Å²) in [5.41, 5.74) is 0.991. The van der Waals surface area contributed by atoms with Crippen molar-refractivity contribution in [3.05, 3.63) is 11.8 Å². The summed E-state index contributed by atoms with van der Waals surface area (Å²) in [6.07, 6.45) is 2.32. The molecule has 1 aromatic rings. The Labute approximate surface area is 104 Å². The average Bonchev–Trinajstić information content (AvgIpc) is 2.26. The average molecular weight is 236 g/mol. The second-order valence-electron chi connectivity index (χ2n) is 4.77. The Bertz CT molecular complexity index is 336. The second-order valence-corrected chi connectivity index (χ2v) is 4.77. The van der Waals surface area contributed by atoms with Crippen LogP contribution in [0.15, 0.2) is 6.07 Å². The summed E-state index contributed by atoms with van der Waals surface area (Å²) >= 11 is 0. The number of hydrogen-bond donors (Lipinski definition) is 2. The van der Waals surface area contributed by atoms with Gasteiger partial charge in [0.1, 0.15) is 5.82 Å². The van der Waals surface area contributed by atoms with Gasteiger partial charge in [-0.25, -0.2) is 4.98 Å². The highest BCUT2D eigenvalue weighted by Gasteiger charge is 2.02. The fourth-order valence-corrected chi connectivity index (χ4v) is 1.42. The van der Waals surface area contributed by atoms with E-state index < -0.39 is 0 Å². The minimum Gasteiger partial charge on any atom is -0.370 e. The summed E-state index contributed by atoms with van der Waals surface area (Å²) in [7, 11) is 0. The Morgan fingerprint density at radius 1 is 1.24 bits per heavy atom. The van der Waals surface area contributed by atoms with Gasteiger partial charge in [-0.2, -0.15) is 4.98 Å². The maximum atomic E-state index is 4.44. The van der Waals surface area contributed by atoms with Crippen molar-refractivity contribution in [1.82, 2.24) is 9.97 Å². The van der Waals surface area contributed by atoms with Crippen LogP contribution < -0.4 is 10.6 Å². The maximum absolute atomic E-state index is 4.44. The maximum Gasteiger partial charge on any atom is 0.224 e. The first-order chi connectivity index (χ1) is 8.11. The smallest absolute Gasteiger partial charge is 0.224 e. The zero-order valence-corrected chi connectivity index (χ0v) is 11.4. The molecule has 0 radical (unpaired) electrons. The molecule has 0 amide bonds. The molecule has 1 aromatic heterocycles. The van der Waals surface area contributed by atoms with E-state index in [1.165, 1.54) is 6.42 Å². The molecule has 1 heterocycles. The molecule has 1 rings (SSSR count). The van der Waals surface area contributed by atoms with Crippen molar-refractivity contribution in [3.63, 3.8) is 0 Å². The van der Waals surface area contributed by atoms with Crippen LogP contribution in [0.1, 0.15) is 39.3 Å². The Morgan fingerprint density at radius 3 is 2.65 bits per heavy atom. The van der Waals surface area contributed by atoms with Gasteiger partial charge in [0, 0.05) is 24.8 Å². The lowest BCUT2D eigenvalue weighted by Gasteiger charge is -2.11. The summed E-state index contributed by atoms with van der Waals surface area (Å²) < 4.78 is 0. The minimum atomic E-state index is 0.613. The Kier molecular flexibility index (Phi) is 5.73. The van der Waals surface area contributed by atoms with Crippen LogP contribution in [0.25, 0.3) is 0 Å². The normalized spacial score (nSPS) is 10.6. The van der Waals surface area contributed by atoms with Gasteiger partial charge in [0.05, 0.1) is 0 Å². The molecule has 0 bridgehead atoms. The Hall–Kier alpha value is -1.32. The highest BCUT2D eigenvalue weighted by molar-refractivity contribution is 5.42. The summed E-state index contributed by atoms with van der Waals surface area (Å²) in [4.78, 5) is 8.81. The predicted octanol–water partition coefficient (Wildman–Crippen LogP) is 3.06. The van der Waals surface area contributed by atoms with Crippen LogP contribution in [0.3, 0.4) is 0 Å². The Morgan fingerprint density at radius 2 is 2.00 bits per heavy atom. The topological polar surface area (TPSA) is 49.8 Å². The van der Waals surface area contributed by atoms with E-state index in [0.717, 1.165) is 37.0 Å². The molecular weight excluding hydrogens is 212 g/mol. The zero-order valence-electron chi connectivity index (χ0n) is 11.4. The van der Waals surface area contributed by atoms with Gasteiger partial charge in [-0.05, 0) is 19.3 Å². The van der Waals surface area contributed by atoms with Crippen LogP contribution in [0.2, 0.25) is 0 Å². The lowest BCUT2D eigenvalue weighted by Crippen LogP contribution is -2.12. The molecule has 4 heteroatoms. The lowest BCUT2D eigenvalue weighted by molar-refractivity contribution is 0.686. The summed E-state index contributed by atoms with van der Waals surface area (Å²) in [6, 6.07) is 1.98. The predicted molar refractivity (Wildman–Crippen MR) is 73.5 cm³/mol. The molecule has 0 aliphatic rings. The molecule has 17 heavy (non-hydrogen) atoms. The van der Waals surface area contributed by atoms with Crippen LogP contribution in [0.4, 0.5) is 11.8 Å². The standard InChI is InChI=1S/C13H24N4/c1-5-6-7-14-13-16-11(4)8-12(17-13)15-9-10(2)3/h8,10H,5-7,9H2,1-4H3,(H2,14,15,16,17). The number of hydrogen-bond acceptors (Lipinski definition) is 4. The SMILES string of the molecule is CCCCNc1nc(C)cc(NCC(C)C)n1. The lowest BCUT2D eigenvalue weighted by atomic mass is 10.2. The zero-order chi connectivity index (χ0) is 12.7. The van der Waals surface area contributed by atoms with Gasteiger partial charge < -0.3 is 10.6 Å². The van der Waals surface area contributed by atoms with Crippen molar-refractivity contribution in [2.24, 2.45) is 5.92 Å². The van der Waals surface area contributed by atoms with E-state index in [1.807, 2.05) is 13.0 Å². The molecule has 0 aliphatic heterocycles. The van der Waals surface area contributed by atoms with Crippen LogP contribution in [-0.4, -0.2) is 23.1 Å². The van der Waals surface area contributed by atoms with E-state index in [2.05, 4.69) is 41.4 Å². The molecule has 0 spiro atoms. The van der Waals surface area contributed by atoms with Gasteiger partial charge >= 0.3 is 0 Å².